The summed E-state index contributed by atoms with van der Waals surface area (Å²) in [5.74, 6) is -0.261. The molecule has 0 atom stereocenters. The molecule has 25 heavy (non-hydrogen) atoms. The molecule has 1 N–H and O–H groups in total. The normalized spacial score (nSPS) is 11.0. The van der Waals surface area contributed by atoms with Gasteiger partial charge in [0.05, 0.1) is 6.54 Å². The highest BCUT2D eigenvalue weighted by molar-refractivity contribution is 7.10. The van der Waals surface area contributed by atoms with Gasteiger partial charge in [0.1, 0.15) is 10.0 Å². The fraction of sp³-hybridized carbons (Fsp3) is 0.250. The minimum Gasteiger partial charge on any atom is -0.321 e. The van der Waals surface area contributed by atoms with Crippen LogP contribution in [0.4, 0.5) is 5.69 Å². The molecule has 0 aliphatic rings. The number of rotatable bonds is 6. The summed E-state index contributed by atoms with van der Waals surface area (Å²) in [5.41, 5.74) is 2.43. The summed E-state index contributed by atoms with van der Waals surface area (Å²) < 4.78 is 6.10. The van der Waals surface area contributed by atoms with Crippen molar-refractivity contribution in [3.8, 4) is 11.3 Å². The second kappa shape index (κ2) is 7.73. The van der Waals surface area contributed by atoms with Gasteiger partial charge in [0, 0.05) is 35.5 Å². The van der Waals surface area contributed by atoms with E-state index >= 15 is 0 Å². The van der Waals surface area contributed by atoms with Crippen LogP contribution in [-0.4, -0.2) is 50.8 Å². The van der Waals surface area contributed by atoms with Crippen LogP contribution in [0.5, 0.6) is 0 Å². The summed E-state index contributed by atoms with van der Waals surface area (Å²) in [7, 11) is 3.99. The molecule has 0 bridgehead atoms. The minimum absolute atomic E-state index is 0.261. The van der Waals surface area contributed by atoms with Gasteiger partial charge >= 0.3 is 0 Å². The molecule has 1 amide bonds. The minimum atomic E-state index is -0.261. The van der Waals surface area contributed by atoms with Crippen LogP contribution in [0.25, 0.3) is 11.3 Å². The molecule has 130 valence electrons. The molecule has 9 heteroatoms. The van der Waals surface area contributed by atoms with Gasteiger partial charge < -0.3 is 10.2 Å². The Hall–Kier alpha value is -2.29. The molecule has 0 unspecified atom stereocenters. The van der Waals surface area contributed by atoms with Gasteiger partial charge in [0.15, 0.2) is 5.69 Å². The Morgan fingerprint density at radius 3 is 2.92 bits per heavy atom. The number of carbonyl (C=O) groups is 1. The van der Waals surface area contributed by atoms with Crippen LogP contribution in [0.3, 0.4) is 0 Å². The summed E-state index contributed by atoms with van der Waals surface area (Å²) in [4.78, 5) is 14.4. The SMILES string of the molecule is CN(C)CCn1ccc(C(=O)Nc2cccc(-c3nnsc3Cl)c2)n1. The number of carbonyl (C=O) groups excluding carboxylic acids is 1. The Morgan fingerprint density at radius 1 is 1.36 bits per heavy atom. The number of likely N-dealkylation sites (N-methyl/N-ethyl adjacent to an activating group) is 1. The van der Waals surface area contributed by atoms with Crippen molar-refractivity contribution in [2.45, 2.75) is 6.54 Å². The van der Waals surface area contributed by atoms with Gasteiger partial charge in [0.25, 0.3) is 5.91 Å². The van der Waals surface area contributed by atoms with Gasteiger partial charge in [-0.05, 0) is 32.3 Å². The molecule has 0 fully saturated rings. The van der Waals surface area contributed by atoms with Gasteiger partial charge in [-0.25, -0.2) is 0 Å². The zero-order chi connectivity index (χ0) is 17.8. The number of hydrogen-bond donors (Lipinski definition) is 1. The van der Waals surface area contributed by atoms with E-state index in [0.29, 0.717) is 21.4 Å². The van der Waals surface area contributed by atoms with E-state index in [-0.39, 0.29) is 5.91 Å². The Kier molecular flexibility index (Phi) is 5.42. The van der Waals surface area contributed by atoms with E-state index < -0.39 is 0 Å². The molecule has 0 saturated heterocycles. The highest BCUT2D eigenvalue weighted by atomic mass is 35.5. The van der Waals surface area contributed by atoms with Crippen molar-refractivity contribution >= 4 is 34.7 Å². The Labute approximate surface area is 154 Å². The third-order valence-corrected chi connectivity index (χ3v) is 4.39. The molecule has 0 spiro atoms. The number of amides is 1. The molecule has 2 aromatic heterocycles. The first-order valence-electron chi connectivity index (χ1n) is 7.61. The number of hydrogen-bond acceptors (Lipinski definition) is 6. The highest BCUT2D eigenvalue weighted by Crippen LogP contribution is 2.29. The predicted octanol–water partition coefficient (Wildman–Crippen LogP) is 2.87. The second-order valence-electron chi connectivity index (χ2n) is 5.70. The molecule has 0 saturated carbocycles. The van der Waals surface area contributed by atoms with E-state index in [1.54, 1.807) is 23.0 Å². The van der Waals surface area contributed by atoms with Crippen molar-refractivity contribution in [3.05, 3.63) is 46.6 Å². The monoisotopic (exact) mass is 376 g/mol. The third-order valence-electron chi connectivity index (χ3n) is 3.49. The average Bonchev–Trinajstić information content (AvgIpc) is 3.22. The van der Waals surface area contributed by atoms with Gasteiger partial charge in [-0.15, -0.1) is 5.10 Å². The predicted molar refractivity (Wildman–Crippen MR) is 99.1 cm³/mol. The van der Waals surface area contributed by atoms with Crippen LogP contribution in [0.15, 0.2) is 36.5 Å². The zero-order valence-corrected chi connectivity index (χ0v) is 15.4. The maximum Gasteiger partial charge on any atom is 0.276 e. The van der Waals surface area contributed by atoms with Crippen molar-refractivity contribution in [3.63, 3.8) is 0 Å². The molecule has 3 rings (SSSR count). The standard InChI is InChI=1S/C16H17ClN6OS/c1-22(2)8-9-23-7-6-13(20-23)16(24)18-12-5-3-4-11(10-12)14-15(17)25-21-19-14/h3-7,10H,8-9H2,1-2H3,(H,18,24). The lowest BCUT2D eigenvalue weighted by Gasteiger charge is -2.08. The fourth-order valence-corrected chi connectivity index (χ4v) is 2.88. The maximum atomic E-state index is 12.4. The second-order valence-corrected chi connectivity index (χ2v) is 7.05. The van der Waals surface area contributed by atoms with Crippen LogP contribution in [-0.2, 0) is 6.54 Å². The van der Waals surface area contributed by atoms with Gasteiger partial charge in [-0.3, -0.25) is 9.48 Å². The quantitative estimate of drug-likeness (QED) is 0.715. The number of anilines is 1. The number of nitrogens with one attached hydrogen (secondary N) is 1. The maximum absolute atomic E-state index is 12.4. The number of aromatic nitrogens is 4. The Balaban J connectivity index is 1.70. The number of benzene rings is 1. The van der Waals surface area contributed by atoms with E-state index in [1.807, 2.05) is 32.3 Å². The van der Waals surface area contributed by atoms with E-state index in [1.165, 1.54) is 0 Å². The van der Waals surface area contributed by atoms with Crippen LogP contribution in [0.1, 0.15) is 10.5 Å². The van der Waals surface area contributed by atoms with E-state index in [4.69, 9.17) is 11.6 Å². The van der Waals surface area contributed by atoms with Crippen LogP contribution < -0.4 is 5.32 Å². The molecule has 0 aliphatic heterocycles. The molecule has 0 radical (unpaired) electrons. The molecule has 1 aromatic carbocycles. The lowest BCUT2D eigenvalue weighted by atomic mass is 10.1. The Morgan fingerprint density at radius 2 is 2.20 bits per heavy atom. The van der Waals surface area contributed by atoms with Gasteiger partial charge in [-0.2, -0.15) is 5.10 Å². The van der Waals surface area contributed by atoms with E-state index in [9.17, 15) is 4.79 Å². The molecule has 7 nitrogen and oxygen atoms in total. The lowest BCUT2D eigenvalue weighted by molar-refractivity contribution is 0.102. The van der Waals surface area contributed by atoms with Crippen LogP contribution in [0.2, 0.25) is 4.34 Å². The van der Waals surface area contributed by atoms with Gasteiger partial charge in [0.2, 0.25) is 0 Å². The summed E-state index contributed by atoms with van der Waals surface area (Å²) in [6, 6.07) is 9.02. The smallest absolute Gasteiger partial charge is 0.276 e. The van der Waals surface area contributed by atoms with Gasteiger partial charge in [-0.1, -0.05) is 28.2 Å². The summed E-state index contributed by atoms with van der Waals surface area (Å²) in [6.07, 6.45) is 1.80. The summed E-state index contributed by atoms with van der Waals surface area (Å²) >= 11 is 7.20. The van der Waals surface area contributed by atoms with Crippen molar-refractivity contribution in [2.75, 3.05) is 26.0 Å². The van der Waals surface area contributed by atoms with Crippen molar-refractivity contribution in [2.24, 2.45) is 0 Å². The van der Waals surface area contributed by atoms with E-state index in [0.717, 1.165) is 30.2 Å². The molecule has 0 aliphatic carbocycles. The average molecular weight is 377 g/mol. The summed E-state index contributed by atoms with van der Waals surface area (Å²) in [5, 5.41) is 11.2. The Bertz CT molecular complexity index is 875. The largest absolute Gasteiger partial charge is 0.321 e. The van der Waals surface area contributed by atoms with Crippen LogP contribution >= 0.6 is 23.1 Å². The fourth-order valence-electron chi connectivity index (χ4n) is 2.20. The number of halogens is 1. The number of nitrogens with zero attached hydrogens (tertiary/aromatic N) is 5. The molecule has 2 heterocycles. The van der Waals surface area contributed by atoms with Crippen molar-refractivity contribution in [1.82, 2.24) is 24.3 Å². The zero-order valence-electron chi connectivity index (χ0n) is 13.8. The topological polar surface area (TPSA) is 75.9 Å². The van der Waals surface area contributed by atoms with Crippen molar-refractivity contribution < 1.29 is 4.79 Å². The van der Waals surface area contributed by atoms with Crippen molar-refractivity contribution in [1.29, 1.82) is 0 Å². The first kappa shape index (κ1) is 17.5. The first-order chi connectivity index (χ1) is 12.0. The van der Waals surface area contributed by atoms with Crippen LogP contribution in [0, 0.1) is 0 Å². The highest BCUT2D eigenvalue weighted by Gasteiger charge is 2.12. The third kappa shape index (κ3) is 4.41. The van der Waals surface area contributed by atoms with E-state index in [2.05, 4.69) is 24.9 Å². The summed E-state index contributed by atoms with van der Waals surface area (Å²) in [6.45, 7) is 1.58. The molecular formula is C16H17ClN6OS. The molecular weight excluding hydrogens is 360 g/mol. The lowest BCUT2D eigenvalue weighted by Crippen LogP contribution is -2.19. The molecule has 3 aromatic rings. The first-order valence-corrected chi connectivity index (χ1v) is 8.76.